The molecule has 64 valence electrons. The third-order valence-electron chi connectivity index (χ3n) is 1.39. The standard InChI is InChI=1S/C6H8BNO4/c1-7-11-5(9)3-4(8-2)6(10)12-7/h3H2,1-2H3/b8-4+. The van der Waals surface area contributed by atoms with Gasteiger partial charge >= 0.3 is 13.1 Å². The van der Waals surface area contributed by atoms with E-state index in [1.165, 1.54) is 13.9 Å². The lowest BCUT2D eigenvalue weighted by molar-refractivity contribution is -0.134. The average molecular weight is 169 g/mol. The zero-order chi connectivity index (χ0) is 9.14. The van der Waals surface area contributed by atoms with Gasteiger partial charge in [-0.05, 0) is 6.82 Å². The van der Waals surface area contributed by atoms with Crippen LogP contribution < -0.4 is 0 Å². The van der Waals surface area contributed by atoms with Gasteiger partial charge in [0, 0.05) is 7.05 Å². The minimum atomic E-state index is -0.816. The Kier molecular flexibility index (Phi) is 2.47. The summed E-state index contributed by atoms with van der Waals surface area (Å²) in [6.45, 7) is 1.48. The summed E-state index contributed by atoms with van der Waals surface area (Å²) >= 11 is 0. The summed E-state index contributed by atoms with van der Waals surface area (Å²) in [4.78, 5) is 25.5. The van der Waals surface area contributed by atoms with Crippen molar-refractivity contribution in [1.29, 1.82) is 0 Å². The number of carbonyl (C=O) groups is 2. The first kappa shape index (κ1) is 8.77. The van der Waals surface area contributed by atoms with Crippen LogP contribution in [0.15, 0.2) is 4.99 Å². The quantitative estimate of drug-likeness (QED) is 0.465. The zero-order valence-corrected chi connectivity index (χ0v) is 6.86. The fourth-order valence-corrected chi connectivity index (χ4v) is 0.849. The Morgan fingerprint density at radius 2 is 2.08 bits per heavy atom. The number of hydrogen-bond acceptors (Lipinski definition) is 5. The lowest BCUT2D eigenvalue weighted by Gasteiger charge is -2.02. The molecule has 1 aliphatic heterocycles. The number of nitrogens with zero attached hydrogens (tertiary/aromatic N) is 1. The summed E-state index contributed by atoms with van der Waals surface area (Å²) in [5, 5.41) is 0. The number of carbonyl (C=O) groups excluding carboxylic acids is 2. The molecule has 0 amide bonds. The predicted octanol–water partition coefficient (Wildman–Crippen LogP) is -0.335. The van der Waals surface area contributed by atoms with Crippen molar-refractivity contribution in [1.82, 2.24) is 0 Å². The Morgan fingerprint density at radius 3 is 2.67 bits per heavy atom. The highest BCUT2D eigenvalue weighted by Crippen LogP contribution is 2.03. The molecule has 0 atom stereocenters. The van der Waals surface area contributed by atoms with Crippen LogP contribution in [0, 0.1) is 0 Å². The van der Waals surface area contributed by atoms with Crippen molar-refractivity contribution in [3.05, 3.63) is 0 Å². The molecule has 0 aromatic rings. The van der Waals surface area contributed by atoms with Gasteiger partial charge in [0.05, 0.1) is 6.42 Å². The van der Waals surface area contributed by atoms with Crippen molar-refractivity contribution < 1.29 is 18.9 Å². The van der Waals surface area contributed by atoms with E-state index in [9.17, 15) is 9.59 Å². The Hall–Kier alpha value is -1.33. The summed E-state index contributed by atoms with van der Waals surface area (Å²) in [5.41, 5.74) is 0.101. The first-order valence-electron chi connectivity index (χ1n) is 3.49. The summed E-state index contributed by atoms with van der Waals surface area (Å²) in [6.07, 6.45) is -0.111. The lowest BCUT2D eigenvalue weighted by atomic mass is 9.96. The van der Waals surface area contributed by atoms with Crippen molar-refractivity contribution in [2.24, 2.45) is 4.99 Å². The summed E-state index contributed by atoms with van der Waals surface area (Å²) < 4.78 is 9.32. The van der Waals surface area contributed by atoms with Gasteiger partial charge in [-0.3, -0.25) is 9.79 Å². The van der Waals surface area contributed by atoms with Gasteiger partial charge in [-0.15, -0.1) is 0 Å². The van der Waals surface area contributed by atoms with Crippen LogP contribution in [0.1, 0.15) is 6.42 Å². The monoisotopic (exact) mass is 169 g/mol. The van der Waals surface area contributed by atoms with Gasteiger partial charge in [0.1, 0.15) is 5.71 Å². The molecule has 1 heterocycles. The smallest absolute Gasteiger partial charge is 0.499 e. The molecular formula is C6H8BNO4. The SMILES string of the molecule is C/N=C1\CC(=O)OB(C)OC1=O. The Bertz CT molecular complexity index is 250. The summed E-state index contributed by atoms with van der Waals surface area (Å²) in [7, 11) is 0.615. The highest BCUT2D eigenvalue weighted by Gasteiger charge is 2.30. The first-order chi connectivity index (χ1) is 5.63. The van der Waals surface area contributed by atoms with Gasteiger partial charge < -0.3 is 9.31 Å². The predicted molar refractivity (Wildman–Crippen MR) is 41.8 cm³/mol. The van der Waals surface area contributed by atoms with Crippen LogP contribution in [0.2, 0.25) is 6.82 Å². The second-order valence-electron chi connectivity index (χ2n) is 2.31. The molecule has 1 saturated heterocycles. The molecule has 1 rings (SSSR count). The second kappa shape index (κ2) is 3.38. The molecule has 0 N–H and O–H groups in total. The van der Waals surface area contributed by atoms with Gasteiger partial charge in [-0.1, -0.05) is 0 Å². The van der Waals surface area contributed by atoms with Crippen LogP contribution in [-0.2, 0) is 18.9 Å². The third kappa shape index (κ3) is 1.84. The topological polar surface area (TPSA) is 65.0 Å². The van der Waals surface area contributed by atoms with Crippen LogP contribution in [0.3, 0.4) is 0 Å². The lowest BCUT2D eigenvalue weighted by Crippen LogP contribution is -2.22. The minimum absolute atomic E-state index is 0.101. The molecule has 0 aromatic carbocycles. The van der Waals surface area contributed by atoms with Gasteiger partial charge in [0.15, 0.2) is 0 Å². The molecule has 0 saturated carbocycles. The molecular weight excluding hydrogens is 161 g/mol. The van der Waals surface area contributed by atoms with E-state index in [4.69, 9.17) is 0 Å². The van der Waals surface area contributed by atoms with Gasteiger partial charge in [0.25, 0.3) is 5.97 Å². The van der Waals surface area contributed by atoms with Crippen molar-refractivity contribution in [3.8, 4) is 0 Å². The first-order valence-corrected chi connectivity index (χ1v) is 3.49. The van der Waals surface area contributed by atoms with Gasteiger partial charge in [-0.2, -0.15) is 0 Å². The van der Waals surface area contributed by atoms with Crippen LogP contribution in [0.4, 0.5) is 0 Å². The molecule has 12 heavy (non-hydrogen) atoms. The van der Waals surface area contributed by atoms with Crippen LogP contribution in [0.25, 0.3) is 0 Å². The van der Waals surface area contributed by atoms with E-state index < -0.39 is 19.1 Å². The van der Waals surface area contributed by atoms with E-state index in [0.717, 1.165) is 0 Å². The van der Waals surface area contributed by atoms with Crippen LogP contribution in [-0.4, -0.2) is 31.8 Å². The molecule has 5 nitrogen and oxygen atoms in total. The maximum atomic E-state index is 11.0. The van der Waals surface area contributed by atoms with E-state index in [1.54, 1.807) is 0 Å². The Balaban J connectivity index is 2.81. The second-order valence-corrected chi connectivity index (χ2v) is 2.31. The highest BCUT2D eigenvalue weighted by atomic mass is 16.6. The molecule has 1 fully saturated rings. The molecule has 0 unspecified atom stereocenters. The largest absolute Gasteiger partial charge is 0.595 e. The summed E-state index contributed by atoms with van der Waals surface area (Å²) in [6, 6.07) is 0. The van der Waals surface area contributed by atoms with Gasteiger partial charge in [0.2, 0.25) is 0 Å². The maximum Gasteiger partial charge on any atom is 0.595 e. The van der Waals surface area contributed by atoms with Crippen molar-refractivity contribution in [3.63, 3.8) is 0 Å². The molecule has 0 bridgehead atoms. The fourth-order valence-electron chi connectivity index (χ4n) is 0.849. The normalized spacial score (nSPS) is 21.8. The molecule has 0 spiro atoms. The highest BCUT2D eigenvalue weighted by molar-refractivity contribution is 6.55. The minimum Gasteiger partial charge on any atom is -0.499 e. The maximum absolute atomic E-state index is 11.0. The molecule has 6 heteroatoms. The number of rotatable bonds is 0. The molecule has 0 radical (unpaired) electrons. The third-order valence-corrected chi connectivity index (χ3v) is 1.39. The summed E-state index contributed by atoms with van der Waals surface area (Å²) in [5.74, 6) is -1.08. The zero-order valence-electron chi connectivity index (χ0n) is 6.86. The van der Waals surface area contributed by atoms with Crippen molar-refractivity contribution >= 4 is 24.8 Å². The van der Waals surface area contributed by atoms with Crippen molar-refractivity contribution in [2.45, 2.75) is 13.2 Å². The van der Waals surface area contributed by atoms with E-state index in [2.05, 4.69) is 14.3 Å². The number of hydrogen-bond donors (Lipinski definition) is 0. The van der Waals surface area contributed by atoms with E-state index in [1.807, 2.05) is 0 Å². The molecule has 1 aliphatic rings. The van der Waals surface area contributed by atoms with Crippen molar-refractivity contribution in [2.75, 3.05) is 7.05 Å². The molecule has 0 aliphatic carbocycles. The fraction of sp³-hybridized carbons (Fsp3) is 0.500. The van der Waals surface area contributed by atoms with E-state index in [-0.39, 0.29) is 12.1 Å². The Labute approximate surface area is 69.9 Å². The van der Waals surface area contributed by atoms with E-state index >= 15 is 0 Å². The Morgan fingerprint density at radius 1 is 1.42 bits per heavy atom. The van der Waals surface area contributed by atoms with Crippen LogP contribution in [0.5, 0.6) is 0 Å². The molecule has 0 aromatic heterocycles. The number of aliphatic imine (C=N–C) groups is 1. The van der Waals surface area contributed by atoms with Gasteiger partial charge in [-0.25, -0.2) is 4.79 Å². The average Bonchev–Trinajstić information content (AvgIpc) is 2.09. The van der Waals surface area contributed by atoms with E-state index in [0.29, 0.717) is 0 Å². The van der Waals surface area contributed by atoms with Crippen LogP contribution >= 0.6 is 0 Å².